The normalized spacial score (nSPS) is 10.9. The Morgan fingerprint density at radius 1 is 1.48 bits per heavy atom. The van der Waals surface area contributed by atoms with Gasteiger partial charge in [-0.05, 0) is 18.9 Å². The van der Waals surface area contributed by atoms with Crippen molar-refractivity contribution < 1.29 is 4.79 Å². The van der Waals surface area contributed by atoms with Crippen LogP contribution in [0.15, 0.2) is 23.1 Å². The first kappa shape index (κ1) is 14.8. The zero-order valence-corrected chi connectivity index (χ0v) is 12.3. The van der Waals surface area contributed by atoms with Gasteiger partial charge in [-0.1, -0.05) is 13.8 Å². The third-order valence-corrected chi connectivity index (χ3v) is 3.21. The molecule has 0 aliphatic rings. The first-order valence-corrected chi connectivity index (χ1v) is 6.79. The van der Waals surface area contributed by atoms with Crippen LogP contribution in [0.4, 0.5) is 11.4 Å². The number of aromatic amines is 1. The largest absolute Gasteiger partial charge is 0.395 e. The third-order valence-electron chi connectivity index (χ3n) is 3.21. The van der Waals surface area contributed by atoms with E-state index in [1.54, 1.807) is 12.3 Å². The van der Waals surface area contributed by atoms with E-state index in [0.29, 0.717) is 17.9 Å². The number of nitrogens with two attached hydrogens (primary N) is 1. The molecule has 0 aliphatic carbocycles. The Hall–Kier alpha value is -2.57. The van der Waals surface area contributed by atoms with E-state index in [4.69, 9.17) is 5.73 Å². The van der Waals surface area contributed by atoms with Crippen molar-refractivity contribution in [2.75, 3.05) is 11.1 Å². The number of carbonyl (C=O) groups excluding carboxylic acids is 1. The molecule has 2 rings (SSSR count). The van der Waals surface area contributed by atoms with E-state index >= 15 is 0 Å². The first-order valence-electron chi connectivity index (χ1n) is 6.79. The highest BCUT2D eigenvalue weighted by atomic mass is 16.2. The van der Waals surface area contributed by atoms with Crippen LogP contribution in [0, 0.1) is 0 Å². The molecule has 0 atom stereocenters. The summed E-state index contributed by atoms with van der Waals surface area (Å²) in [5.41, 5.74) is 7.59. The molecule has 4 N–H and O–H groups in total. The Kier molecular flexibility index (Phi) is 4.11. The van der Waals surface area contributed by atoms with Crippen LogP contribution in [0.1, 0.15) is 42.9 Å². The van der Waals surface area contributed by atoms with Crippen LogP contribution in [-0.4, -0.2) is 20.7 Å². The second-order valence-electron chi connectivity index (χ2n) is 5.05. The SMILES string of the molecule is CCn1cc(NC(=O)c2n[nH]c(C(C)C)c2N)ccc1=O. The average Bonchev–Trinajstić information content (AvgIpc) is 2.83. The van der Waals surface area contributed by atoms with Gasteiger partial charge in [0.1, 0.15) is 0 Å². The van der Waals surface area contributed by atoms with E-state index in [-0.39, 0.29) is 17.2 Å². The fourth-order valence-corrected chi connectivity index (χ4v) is 2.02. The fraction of sp³-hybridized carbons (Fsp3) is 0.357. The first-order chi connectivity index (χ1) is 9.93. The number of rotatable bonds is 4. The van der Waals surface area contributed by atoms with E-state index in [1.807, 2.05) is 20.8 Å². The summed E-state index contributed by atoms with van der Waals surface area (Å²) < 4.78 is 1.50. The summed E-state index contributed by atoms with van der Waals surface area (Å²) in [7, 11) is 0. The van der Waals surface area contributed by atoms with Crippen molar-refractivity contribution in [2.45, 2.75) is 33.2 Å². The molecule has 0 aromatic carbocycles. The molecule has 7 nitrogen and oxygen atoms in total. The van der Waals surface area contributed by atoms with Crippen LogP contribution < -0.4 is 16.6 Å². The molecule has 0 fully saturated rings. The van der Waals surface area contributed by atoms with Crippen LogP contribution in [0.2, 0.25) is 0 Å². The molecule has 0 aliphatic heterocycles. The van der Waals surface area contributed by atoms with Gasteiger partial charge in [0.25, 0.3) is 11.5 Å². The number of aryl methyl sites for hydroxylation is 1. The molecule has 2 heterocycles. The Bertz CT molecular complexity index is 714. The smallest absolute Gasteiger partial charge is 0.278 e. The second kappa shape index (κ2) is 5.82. The van der Waals surface area contributed by atoms with E-state index < -0.39 is 5.91 Å². The Morgan fingerprint density at radius 3 is 2.76 bits per heavy atom. The van der Waals surface area contributed by atoms with Crippen molar-refractivity contribution in [1.82, 2.24) is 14.8 Å². The minimum absolute atomic E-state index is 0.114. The van der Waals surface area contributed by atoms with Crippen molar-refractivity contribution in [2.24, 2.45) is 0 Å². The number of H-pyrrole nitrogens is 1. The third kappa shape index (κ3) is 2.96. The number of anilines is 2. The van der Waals surface area contributed by atoms with Gasteiger partial charge in [0.2, 0.25) is 0 Å². The van der Waals surface area contributed by atoms with Crippen molar-refractivity contribution in [3.8, 4) is 0 Å². The molecule has 0 saturated heterocycles. The van der Waals surface area contributed by atoms with Crippen LogP contribution in [0.5, 0.6) is 0 Å². The van der Waals surface area contributed by atoms with Gasteiger partial charge in [-0.15, -0.1) is 0 Å². The number of nitrogen functional groups attached to an aromatic ring is 1. The molecule has 2 aromatic heterocycles. The summed E-state index contributed by atoms with van der Waals surface area (Å²) in [6.45, 7) is 6.31. The van der Waals surface area contributed by atoms with Gasteiger partial charge in [0, 0.05) is 18.8 Å². The number of aromatic nitrogens is 3. The monoisotopic (exact) mass is 289 g/mol. The standard InChI is InChI=1S/C14H19N5O2/c1-4-19-7-9(5-6-10(19)20)16-14(21)13-11(15)12(8(2)3)17-18-13/h5-8H,4,15H2,1-3H3,(H,16,21)(H,17,18). The molecule has 0 spiro atoms. The van der Waals surface area contributed by atoms with Gasteiger partial charge in [-0.25, -0.2) is 0 Å². The lowest BCUT2D eigenvalue weighted by Crippen LogP contribution is -2.20. The minimum atomic E-state index is -0.406. The molecule has 0 saturated carbocycles. The maximum atomic E-state index is 12.2. The summed E-state index contributed by atoms with van der Waals surface area (Å²) in [5, 5.41) is 9.44. The van der Waals surface area contributed by atoms with Crippen molar-refractivity contribution >= 4 is 17.3 Å². The van der Waals surface area contributed by atoms with Gasteiger partial charge in [0.05, 0.1) is 17.1 Å². The number of pyridine rings is 1. The summed E-state index contributed by atoms with van der Waals surface area (Å²) in [6, 6.07) is 2.96. The predicted octanol–water partition coefficient (Wildman–Crippen LogP) is 1.55. The molecule has 2 aromatic rings. The van der Waals surface area contributed by atoms with Crippen LogP contribution in [0.25, 0.3) is 0 Å². The lowest BCUT2D eigenvalue weighted by Gasteiger charge is -2.07. The number of hydrogen-bond donors (Lipinski definition) is 3. The molecule has 0 radical (unpaired) electrons. The number of nitrogens with one attached hydrogen (secondary N) is 2. The van der Waals surface area contributed by atoms with E-state index in [2.05, 4.69) is 15.5 Å². The van der Waals surface area contributed by atoms with Gasteiger partial charge in [0.15, 0.2) is 5.69 Å². The summed E-state index contributed by atoms with van der Waals surface area (Å²) >= 11 is 0. The Morgan fingerprint density at radius 2 is 2.19 bits per heavy atom. The number of carbonyl (C=O) groups is 1. The molecular weight excluding hydrogens is 270 g/mol. The summed E-state index contributed by atoms with van der Waals surface area (Å²) in [4.78, 5) is 23.7. The molecule has 0 bridgehead atoms. The fourth-order valence-electron chi connectivity index (χ4n) is 2.02. The molecular formula is C14H19N5O2. The molecule has 7 heteroatoms. The van der Waals surface area contributed by atoms with Crippen molar-refractivity contribution in [3.63, 3.8) is 0 Å². The van der Waals surface area contributed by atoms with Gasteiger partial charge < -0.3 is 15.6 Å². The topological polar surface area (TPSA) is 106 Å². The lowest BCUT2D eigenvalue weighted by atomic mass is 10.1. The average molecular weight is 289 g/mol. The van der Waals surface area contributed by atoms with Gasteiger partial charge >= 0.3 is 0 Å². The predicted molar refractivity (Wildman–Crippen MR) is 81.4 cm³/mol. The molecule has 1 amide bonds. The van der Waals surface area contributed by atoms with Gasteiger partial charge in [-0.2, -0.15) is 5.10 Å². The summed E-state index contributed by atoms with van der Waals surface area (Å²) in [5.74, 6) is -0.252. The highest BCUT2D eigenvalue weighted by molar-refractivity contribution is 6.06. The maximum absolute atomic E-state index is 12.2. The van der Waals surface area contributed by atoms with Crippen LogP contribution in [-0.2, 0) is 6.54 Å². The number of hydrogen-bond acceptors (Lipinski definition) is 4. The van der Waals surface area contributed by atoms with E-state index in [9.17, 15) is 9.59 Å². The van der Waals surface area contributed by atoms with E-state index in [1.165, 1.54) is 10.6 Å². The van der Waals surface area contributed by atoms with Crippen molar-refractivity contribution in [3.05, 3.63) is 40.1 Å². The quantitative estimate of drug-likeness (QED) is 0.794. The Labute approximate surface area is 122 Å². The number of nitrogens with zero attached hydrogens (tertiary/aromatic N) is 2. The summed E-state index contributed by atoms with van der Waals surface area (Å²) in [6.07, 6.45) is 1.59. The van der Waals surface area contributed by atoms with Gasteiger partial charge in [-0.3, -0.25) is 14.7 Å². The minimum Gasteiger partial charge on any atom is -0.395 e. The van der Waals surface area contributed by atoms with Crippen LogP contribution in [0.3, 0.4) is 0 Å². The Balaban J connectivity index is 2.24. The van der Waals surface area contributed by atoms with E-state index in [0.717, 1.165) is 5.69 Å². The highest BCUT2D eigenvalue weighted by Crippen LogP contribution is 2.22. The highest BCUT2D eigenvalue weighted by Gasteiger charge is 2.19. The van der Waals surface area contributed by atoms with Crippen molar-refractivity contribution in [1.29, 1.82) is 0 Å². The molecule has 112 valence electrons. The second-order valence-corrected chi connectivity index (χ2v) is 5.05. The zero-order chi connectivity index (χ0) is 15.6. The van der Waals surface area contributed by atoms with Crippen LogP contribution >= 0.6 is 0 Å². The molecule has 0 unspecified atom stereocenters. The zero-order valence-electron chi connectivity index (χ0n) is 12.3. The number of amides is 1. The lowest BCUT2D eigenvalue weighted by molar-refractivity contribution is 0.102. The molecule has 21 heavy (non-hydrogen) atoms. The maximum Gasteiger partial charge on any atom is 0.278 e.